The third-order valence-electron chi connectivity index (χ3n) is 15.2. The van der Waals surface area contributed by atoms with E-state index < -0.39 is 6.10 Å². The molecule has 83 heavy (non-hydrogen) atoms. The van der Waals surface area contributed by atoms with Crippen LogP contribution in [0.2, 0.25) is 0 Å². The van der Waals surface area contributed by atoms with Crippen LogP contribution in [0.4, 0.5) is 0 Å². The molecule has 0 spiro atoms. The summed E-state index contributed by atoms with van der Waals surface area (Å²) in [6.07, 6.45) is 96.9. The van der Waals surface area contributed by atoms with Crippen molar-refractivity contribution >= 4 is 17.9 Å². The topological polar surface area (TPSA) is 78.9 Å². The zero-order valence-corrected chi connectivity index (χ0v) is 54.7. The van der Waals surface area contributed by atoms with E-state index in [4.69, 9.17) is 14.2 Å². The van der Waals surface area contributed by atoms with Crippen LogP contribution in [0, 0.1) is 0 Å². The van der Waals surface area contributed by atoms with Crippen molar-refractivity contribution < 1.29 is 28.6 Å². The van der Waals surface area contributed by atoms with E-state index in [0.717, 1.165) is 109 Å². The first-order valence-electron chi connectivity index (χ1n) is 35.4. The minimum atomic E-state index is -0.785. The average Bonchev–Trinajstić information content (AvgIpc) is 3.48. The summed E-state index contributed by atoms with van der Waals surface area (Å²) in [5, 5.41) is 0. The van der Waals surface area contributed by atoms with Crippen molar-refractivity contribution in [2.75, 3.05) is 13.2 Å². The Balaban J connectivity index is 4.24. The predicted molar refractivity (Wildman–Crippen MR) is 362 cm³/mol. The van der Waals surface area contributed by atoms with Crippen molar-refractivity contribution in [3.05, 3.63) is 109 Å². The number of carbonyl (C=O) groups excluding carboxylic acids is 3. The molecule has 0 aromatic heterocycles. The molecule has 0 N–H and O–H groups in total. The Morgan fingerprint density at radius 3 is 0.783 bits per heavy atom. The highest BCUT2D eigenvalue weighted by Crippen LogP contribution is 2.17. The maximum absolute atomic E-state index is 12.9. The second-order valence-corrected chi connectivity index (χ2v) is 23.4. The molecule has 0 radical (unpaired) electrons. The van der Waals surface area contributed by atoms with E-state index in [1.54, 1.807) is 0 Å². The zero-order chi connectivity index (χ0) is 59.9. The molecule has 0 rings (SSSR count). The Labute approximate surface area is 514 Å². The highest BCUT2D eigenvalue weighted by molar-refractivity contribution is 5.71. The lowest BCUT2D eigenvalue weighted by Gasteiger charge is -2.18. The summed E-state index contributed by atoms with van der Waals surface area (Å²) in [6, 6.07) is 0. The molecule has 0 amide bonds. The molecule has 0 aliphatic carbocycles. The van der Waals surface area contributed by atoms with E-state index in [9.17, 15) is 14.4 Å². The van der Waals surface area contributed by atoms with Gasteiger partial charge in [0.25, 0.3) is 0 Å². The quantitative estimate of drug-likeness (QED) is 0.0261. The molecule has 0 saturated heterocycles. The largest absolute Gasteiger partial charge is 0.462 e. The standard InChI is InChI=1S/C77H132O6/c1-4-7-10-13-16-19-22-24-26-28-30-32-34-36-37-38-39-41-42-44-46-48-50-52-55-58-61-64-67-70-76(79)82-73-74(72-81-75(78)69-66-63-60-57-54-21-18-15-12-9-6-3)83-77(80)71-68-65-62-59-56-53-51-49-47-45-43-40-35-33-31-29-27-25-23-20-17-14-11-8-5-2/h7,10,15-16,18-19,23-26,29-32,36-37,39,41,74H,4-6,8-9,11-14,17,20-22,27-28,33-35,38,40,42-73H2,1-3H3/b10-7-,18-15-,19-16-,25-23-,26-24-,31-29-,32-30-,37-36-,41-39-. The van der Waals surface area contributed by atoms with E-state index in [-0.39, 0.29) is 31.1 Å². The third-order valence-corrected chi connectivity index (χ3v) is 15.2. The van der Waals surface area contributed by atoms with Crippen molar-refractivity contribution in [3.63, 3.8) is 0 Å². The molecule has 1 unspecified atom stereocenters. The van der Waals surface area contributed by atoms with Gasteiger partial charge in [0.1, 0.15) is 13.2 Å². The highest BCUT2D eigenvalue weighted by atomic mass is 16.6. The first-order chi connectivity index (χ1) is 41.0. The van der Waals surface area contributed by atoms with Crippen LogP contribution in [0.3, 0.4) is 0 Å². The monoisotopic (exact) mass is 1150 g/mol. The van der Waals surface area contributed by atoms with E-state index >= 15 is 0 Å². The van der Waals surface area contributed by atoms with Gasteiger partial charge in [0.15, 0.2) is 6.10 Å². The first kappa shape index (κ1) is 79.1. The predicted octanol–water partition coefficient (Wildman–Crippen LogP) is 24.6. The zero-order valence-electron chi connectivity index (χ0n) is 54.7. The average molecular weight is 1150 g/mol. The summed E-state index contributed by atoms with van der Waals surface area (Å²) < 4.78 is 17.0. The second-order valence-electron chi connectivity index (χ2n) is 23.4. The molecule has 0 aromatic rings. The SMILES string of the molecule is CC/C=C\C/C=C\C/C=C\C/C=C\C/C=C\C/C=C\CCCCCCCCCCCCC(=O)OCC(COC(=O)CCCCCCC/C=C\CCCC)OC(=O)CCCCCCCCCCCCCCC/C=C\C/C=C\CCCCCCC. The maximum Gasteiger partial charge on any atom is 0.306 e. The minimum absolute atomic E-state index is 0.0820. The van der Waals surface area contributed by atoms with Crippen molar-refractivity contribution in [2.24, 2.45) is 0 Å². The maximum atomic E-state index is 12.9. The van der Waals surface area contributed by atoms with Crippen LogP contribution in [-0.2, 0) is 28.6 Å². The van der Waals surface area contributed by atoms with E-state index in [1.807, 2.05) is 0 Å². The molecule has 6 heteroatoms. The lowest BCUT2D eigenvalue weighted by atomic mass is 10.0. The number of hydrogen-bond acceptors (Lipinski definition) is 6. The molecule has 0 bridgehead atoms. The van der Waals surface area contributed by atoms with Crippen molar-refractivity contribution in [1.82, 2.24) is 0 Å². The fraction of sp³-hybridized carbons (Fsp3) is 0.727. The Hall–Kier alpha value is -3.93. The van der Waals surface area contributed by atoms with Crippen LogP contribution in [0.5, 0.6) is 0 Å². The number of rotatable bonds is 64. The van der Waals surface area contributed by atoms with Gasteiger partial charge >= 0.3 is 17.9 Å². The van der Waals surface area contributed by atoms with Crippen LogP contribution in [0.15, 0.2) is 109 Å². The van der Waals surface area contributed by atoms with E-state index in [0.29, 0.717) is 19.3 Å². The number of ether oxygens (including phenoxy) is 3. The molecule has 0 aromatic carbocycles. The van der Waals surface area contributed by atoms with Crippen LogP contribution >= 0.6 is 0 Å². The summed E-state index contributed by atoms with van der Waals surface area (Å²) in [5.41, 5.74) is 0. The number of carbonyl (C=O) groups is 3. The third kappa shape index (κ3) is 68.7. The molecular formula is C77H132O6. The van der Waals surface area contributed by atoms with Crippen LogP contribution in [-0.4, -0.2) is 37.2 Å². The van der Waals surface area contributed by atoms with E-state index in [1.165, 1.54) is 193 Å². The smallest absolute Gasteiger partial charge is 0.306 e. The summed E-state index contributed by atoms with van der Waals surface area (Å²) in [5.74, 6) is -0.884. The normalized spacial score (nSPS) is 12.8. The Kier molecular flexibility index (Phi) is 67.2. The van der Waals surface area contributed by atoms with Crippen molar-refractivity contribution in [3.8, 4) is 0 Å². The van der Waals surface area contributed by atoms with E-state index in [2.05, 4.69) is 130 Å². The molecular weight excluding hydrogens is 1020 g/mol. The van der Waals surface area contributed by atoms with Gasteiger partial charge < -0.3 is 14.2 Å². The first-order valence-corrected chi connectivity index (χ1v) is 35.4. The van der Waals surface area contributed by atoms with Crippen LogP contribution < -0.4 is 0 Å². The molecule has 1 atom stereocenters. The molecule has 6 nitrogen and oxygen atoms in total. The summed E-state index contributed by atoms with van der Waals surface area (Å²) in [6.45, 7) is 6.50. The van der Waals surface area contributed by atoms with Gasteiger partial charge in [0.2, 0.25) is 0 Å². The summed E-state index contributed by atoms with van der Waals surface area (Å²) >= 11 is 0. The van der Waals surface area contributed by atoms with Gasteiger partial charge in [-0.15, -0.1) is 0 Å². The highest BCUT2D eigenvalue weighted by Gasteiger charge is 2.19. The van der Waals surface area contributed by atoms with Gasteiger partial charge in [0, 0.05) is 19.3 Å². The Bertz CT molecular complexity index is 1660. The fourth-order valence-electron chi connectivity index (χ4n) is 9.93. The van der Waals surface area contributed by atoms with Gasteiger partial charge in [-0.25, -0.2) is 0 Å². The van der Waals surface area contributed by atoms with Crippen molar-refractivity contribution in [2.45, 2.75) is 348 Å². The van der Waals surface area contributed by atoms with Gasteiger partial charge in [-0.2, -0.15) is 0 Å². The molecule has 0 heterocycles. The Morgan fingerprint density at radius 2 is 0.482 bits per heavy atom. The van der Waals surface area contributed by atoms with Gasteiger partial charge in [-0.3, -0.25) is 14.4 Å². The molecule has 0 aliphatic rings. The minimum Gasteiger partial charge on any atom is -0.462 e. The number of allylic oxidation sites excluding steroid dienone is 18. The van der Waals surface area contributed by atoms with Gasteiger partial charge in [-0.1, -0.05) is 310 Å². The lowest BCUT2D eigenvalue weighted by Crippen LogP contribution is -2.30. The lowest BCUT2D eigenvalue weighted by molar-refractivity contribution is -0.167. The second kappa shape index (κ2) is 70.6. The molecule has 0 saturated carbocycles. The van der Waals surface area contributed by atoms with Crippen LogP contribution in [0.25, 0.3) is 0 Å². The van der Waals surface area contributed by atoms with Gasteiger partial charge in [-0.05, 0) is 122 Å². The van der Waals surface area contributed by atoms with Crippen molar-refractivity contribution in [1.29, 1.82) is 0 Å². The fourth-order valence-corrected chi connectivity index (χ4v) is 9.93. The van der Waals surface area contributed by atoms with Gasteiger partial charge in [0.05, 0.1) is 0 Å². The molecule has 0 aliphatic heterocycles. The Morgan fingerprint density at radius 1 is 0.253 bits per heavy atom. The number of unbranched alkanes of at least 4 members (excludes halogenated alkanes) is 35. The number of esters is 3. The summed E-state index contributed by atoms with van der Waals surface area (Å²) in [7, 11) is 0. The summed E-state index contributed by atoms with van der Waals surface area (Å²) in [4.78, 5) is 38.4. The number of hydrogen-bond donors (Lipinski definition) is 0. The van der Waals surface area contributed by atoms with Crippen LogP contribution in [0.1, 0.15) is 342 Å². The molecule has 0 fully saturated rings. The molecule has 476 valence electrons.